The van der Waals surface area contributed by atoms with Crippen molar-refractivity contribution < 1.29 is 114 Å². The molecule has 0 unspecified atom stereocenters. The maximum atomic E-state index is 5.37. The second kappa shape index (κ2) is 29.8. The summed E-state index contributed by atoms with van der Waals surface area (Å²) in [6, 6.07) is 0. The van der Waals surface area contributed by atoms with Gasteiger partial charge in [-0.3, -0.25) is 4.90 Å². The molecule has 0 spiro atoms. The van der Waals surface area contributed by atoms with Gasteiger partial charge in [0.25, 0.3) is 0 Å². The van der Waals surface area contributed by atoms with Crippen LogP contribution in [0.1, 0.15) is 0 Å². The van der Waals surface area contributed by atoms with Gasteiger partial charge < -0.3 is 131 Å². The van der Waals surface area contributed by atoms with Crippen LogP contribution in [-0.4, -0.2) is 177 Å². The Morgan fingerprint density at radius 3 is 0.778 bits per heavy atom. The van der Waals surface area contributed by atoms with Gasteiger partial charge >= 0.3 is 0 Å². The van der Waals surface area contributed by atoms with E-state index in [1.165, 1.54) is 43.8 Å². The van der Waals surface area contributed by atoms with E-state index in [0.29, 0.717) is 19.6 Å². The van der Waals surface area contributed by atoms with Crippen LogP contribution in [0.5, 0.6) is 0 Å². The van der Waals surface area contributed by atoms with Crippen molar-refractivity contribution in [2.45, 2.75) is 0 Å². The highest BCUT2D eigenvalue weighted by Crippen LogP contribution is 2.08. The van der Waals surface area contributed by atoms with Crippen molar-refractivity contribution in [2.75, 3.05) is 154 Å². The van der Waals surface area contributed by atoms with Crippen molar-refractivity contribution in [3.63, 3.8) is 0 Å². The summed E-state index contributed by atoms with van der Waals surface area (Å²) in [5.41, 5.74) is 16.1. The Morgan fingerprint density at radius 2 is 0.639 bits per heavy atom. The molecule has 0 aliphatic carbocycles. The molecule has 0 atom stereocenters. The van der Waals surface area contributed by atoms with Gasteiger partial charge in [0.2, 0.25) is 0 Å². The van der Waals surface area contributed by atoms with Gasteiger partial charge in [0.15, 0.2) is 0 Å². The van der Waals surface area contributed by atoms with Crippen molar-refractivity contribution in [3.05, 3.63) is 0 Å². The van der Waals surface area contributed by atoms with E-state index in [4.69, 9.17) is 17.2 Å². The van der Waals surface area contributed by atoms with Crippen LogP contribution in [0.3, 0.4) is 0 Å². The van der Waals surface area contributed by atoms with E-state index in [2.05, 4.69) is 98.0 Å². The Kier molecular flexibility index (Phi) is 45.8. The van der Waals surface area contributed by atoms with Crippen LogP contribution < -0.4 is 113 Å². The zero-order valence-corrected chi connectivity index (χ0v) is 36.1. The quantitative estimate of drug-likeness (QED) is 0.0867. The molecule has 0 saturated carbocycles. The molecule has 8 nitrogen and oxygen atoms in total. The first-order valence-electron chi connectivity index (χ1n) is 11.9. The standard InChI is InChI=1S/C16H42N4.C6H18N4.CH3I.4HI/c1-17(2,3)11-14-20(10,15-12-18(4,5)6)16-13-19(7,8)9;7-1-4-10(5-2-8)6-3-9;1-2;;;;/h11-16H2,1-10H3;1-9H2;1H3;4*1H/q+4;;;;;;/p-4. The fourth-order valence-electron chi connectivity index (χ4n) is 2.84. The molecule has 0 heterocycles. The number of likely N-dealkylation sites (N-methyl/N-ethyl adjacent to an activating group) is 4. The van der Waals surface area contributed by atoms with Gasteiger partial charge in [0.1, 0.15) is 39.3 Å². The van der Waals surface area contributed by atoms with Crippen LogP contribution in [0.2, 0.25) is 0 Å². The van der Waals surface area contributed by atoms with Gasteiger partial charge in [-0.05, 0) is 4.93 Å². The molecule has 0 amide bonds. The summed E-state index contributed by atoms with van der Waals surface area (Å²) in [6.45, 7) is 12.3. The van der Waals surface area contributed by atoms with Crippen molar-refractivity contribution in [1.29, 1.82) is 0 Å². The zero-order valence-electron chi connectivity index (χ0n) is 25.3. The fraction of sp³-hybridized carbons (Fsp3) is 1.00. The third-order valence-corrected chi connectivity index (χ3v) is 5.27. The number of rotatable bonds is 15. The van der Waals surface area contributed by atoms with Crippen LogP contribution in [0.15, 0.2) is 0 Å². The highest BCUT2D eigenvalue weighted by molar-refractivity contribution is 14.1. The second-order valence-electron chi connectivity index (χ2n) is 12.0. The molecule has 0 aromatic heterocycles. The Balaban J connectivity index is -0.0000000907. The zero-order chi connectivity index (χ0) is 26.1. The lowest BCUT2D eigenvalue weighted by molar-refractivity contribution is -0.985. The van der Waals surface area contributed by atoms with Gasteiger partial charge in [-0.1, -0.05) is 22.6 Å². The lowest BCUT2D eigenvalue weighted by Crippen LogP contribution is -3.00. The van der Waals surface area contributed by atoms with E-state index in [-0.39, 0.29) is 95.9 Å². The Labute approximate surface area is 308 Å². The highest BCUT2D eigenvalue weighted by Gasteiger charge is 2.29. The molecular weight excluding hydrogens is 1020 g/mol. The van der Waals surface area contributed by atoms with Gasteiger partial charge in [0.05, 0.1) is 70.5 Å². The van der Waals surface area contributed by atoms with E-state index >= 15 is 0 Å². The van der Waals surface area contributed by atoms with Crippen LogP contribution in [-0.2, 0) is 0 Å². The third-order valence-electron chi connectivity index (χ3n) is 5.27. The monoisotopic (exact) mass is 1090 g/mol. The minimum absolute atomic E-state index is 0. The summed E-state index contributed by atoms with van der Waals surface area (Å²) in [6.07, 6.45) is 0. The number of hydrogen-bond donors (Lipinski definition) is 3. The molecule has 36 heavy (non-hydrogen) atoms. The van der Waals surface area contributed by atoms with Gasteiger partial charge in [-0.15, -0.1) is 0 Å². The Morgan fingerprint density at radius 1 is 0.444 bits per heavy atom. The predicted molar refractivity (Wildman–Crippen MR) is 153 cm³/mol. The summed E-state index contributed by atoms with van der Waals surface area (Å²) in [5, 5.41) is 0. The molecule has 230 valence electrons. The second-order valence-corrected chi connectivity index (χ2v) is 12.0. The molecule has 0 fully saturated rings. The topological polar surface area (TPSA) is 81.3 Å². The predicted octanol–water partition coefficient (Wildman–Crippen LogP) is -12.2. The summed E-state index contributed by atoms with van der Waals surface area (Å²) < 4.78 is 4.37. The fourth-order valence-corrected chi connectivity index (χ4v) is 2.84. The first-order chi connectivity index (χ1) is 14.5. The Bertz CT molecular complexity index is 368. The minimum atomic E-state index is 0. The molecule has 0 saturated heterocycles. The first kappa shape index (κ1) is 55.3. The number of nitrogens with zero attached hydrogens (tertiary/aromatic N) is 5. The summed E-state index contributed by atoms with van der Waals surface area (Å²) in [5.74, 6) is 0. The number of alkyl halides is 1. The van der Waals surface area contributed by atoms with Crippen molar-refractivity contribution in [3.8, 4) is 0 Å². The van der Waals surface area contributed by atoms with E-state index in [0.717, 1.165) is 33.1 Å². The van der Waals surface area contributed by atoms with Crippen molar-refractivity contribution >= 4 is 22.6 Å². The average Bonchev–Trinajstić information content (AvgIpc) is 2.65. The van der Waals surface area contributed by atoms with Crippen LogP contribution in [0, 0.1) is 0 Å². The molecule has 0 aliphatic rings. The molecule has 0 aromatic carbocycles. The molecule has 0 aliphatic heterocycles. The molecule has 0 radical (unpaired) electrons. The SMILES string of the molecule is CI.C[N+](C)(C)CC[N+](C)(CC[N+](C)(C)C)CC[N+](C)(C)C.NCCN(CCN)CCN.[I-].[I-].[I-].[I-]. The molecule has 0 aromatic rings. The highest BCUT2D eigenvalue weighted by atomic mass is 127. The van der Waals surface area contributed by atoms with Gasteiger partial charge in [-0.2, -0.15) is 0 Å². The smallest absolute Gasteiger partial charge is 0.129 e. The summed E-state index contributed by atoms with van der Waals surface area (Å²) in [4.78, 5) is 4.14. The molecule has 0 rings (SSSR count). The normalized spacial score (nSPS) is 11.3. The molecule has 6 N–H and O–H groups in total. The van der Waals surface area contributed by atoms with Crippen molar-refractivity contribution in [1.82, 2.24) is 4.90 Å². The summed E-state index contributed by atoms with van der Waals surface area (Å²) in [7, 11) is 23.1. The molecular formula is C23H63I5N8. The van der Waals surface area contributed by atoms with Crippen molar-refractivity contribution in [2.24, 2.45) is 17.2 Å². The average molecular weight is 1090 g/mol. The lowest BCUT2D eigenvalue weighted by atomic mass is 10.3. The molecule has 0 bridgehead atoms. The van der Waals surface area contributed by atoms with Gasteiger partial charge in [0, 0.05) is 39.3 Å². The maximum absolute atomic E-state index is 5.37. The number of halogens is 5. The van der Waals surface area contributed by atoms with Crippen LogP contribution in [0.4, 0.5) is 0 Å². The number of nitrogens with two attached hydrogens (primary N) is 3. The minimum Gasteiger partial charge on any atom is -1.00 e. The maximum Gasteiger partial charge on any atom is 0.129 e. The first-order valence-corrected chi connectivity index (χ1v) is 14.1. The molecule has 13 heteroatoms. The van der Waals surface area contributed by atoms with E-state index in [9.17, 15) is 0 Å². The largest absolute Gasteiger partial charge is 1.00 e. The number of quaternary nitrogens is 4. The Hall–Kier alpha value is 3.33. The van der Waals surface area contributed by atoms with E-state index in [1.54, 1.807) is 0 Å². The van der Waals surface area contributed by atoms with Crippen LogP contribution in [0.25, 0.3) is 0 Å². The number of hydrogen-bond acceptors (Lipinski definition) is 4. The van der Waals surface area contributed by atoms with E-state index < -0.39 is 0 Å². The third kappa shape index (κ3) is 44.4. The lowest BCUT2D eigenvalue weighted by Gasteiger charge is -2.40. The van der Waals surface area contributed by atoms with Crippen LogP contribution >= 0.6 is 22.6 Å². The van der Waals surface area contributed by atoms with E-state index in [1.807, 2.05) is 4.93 Å². The summed E-state index contributed by atoms with van der Waals surface area (Å²) >= 11 is 2.15. The van der Waals surface area contributed by atoms with Gasteiger partial charge in [-0.25, -0.2) is 0 Å².